The molecule has 1 aromatic heterocycles. The van der Waals surface area contributed by atoms with Gasteiger partial charge in [-0.15, -0.1) is 0 Å². The summed E-state index contributed by atoms with van der Waals surface area (Å²) in [6.07, 6.45) is 0.526. The van der Waals surface area contributed by atoms with Crippen molar-refractivity contribution in [2.75, 3.05) is 12.4 Å². The molecule has 7 heteroatoms. The first-order valence-corrected chi connectivity index (χ1v) is 8.99. The highest BCUT2D eigenvalue weighted by atomic mass is 16.5. The zero-order valence-electron chi connectivity index (χ0n) is 16.1. The summed E-state index contributed by atoms with van der Waals surface area (Å²) >= 11 is 0. The van der Waals surface area contributed by atoms with Crippen molar-refractivity contribution in [2.45, 2.75) is 26.7 Å². The summed E-state index contributed by atoms with van der Waals surface area (Å²) in [6.45, 7) is 3.78. The molecule has 0 saturated heterocycles. The second-order valence-corrected chi connectivity index (χ2v) is 6.43. The average Bonchev–Trinajstić information content (AvgIpc) is 3.16. The number of aromatic nitrogens is 2. The lowest BCUT2D eigenvalue weighted by Gasteiger charge is -2.11. The van der Waals surface area contributed by atoms with Gasteiger partial charge in [0, 0.05) is 36.7 Å². The molecule has 2 aromatic carbocycles. The van der Waals surface area contributed by atoms with Gasteiger partial charge in [0.2, 0.25) is 17.6 Å². The minimum Gasteiger partial charge on any atom is -0.355 e. The standard InChI is InChI=1S/C21H22N4O3/c1-13-7-4-5-8-15(13)20-24-19(28-25-20)12-11-18(26)23-17-10-6-9-16(14(17)2)21(27)22-3/h4-10H,11-12H2,1-3H3,(H,22,27)(H,23,26). The summed E-state index contributed by atoms with van der Waals surface area (Å²) in [4.78, 5) is 28.6. The number of rotatable bonds is 6. The van der Waals surface area contributed by atoms with Crippen LogP contribution in [-0.2, 0) is 11.2 Å². The molecule has 28 heavy (non-hydrogen) atoms. The lowest BCUT2D eigenvalue weighted by molar-refractivity contribution is -0.116. The highest BCUT2D eigenvalue weighted by molar-refractivity contribution is 5.99. The van der Waals surface area contributed by atoms with Crippen molar-refractivity contribution in [2.24, 2.45) is 0 Å². The molecule has 7 nitrogen and oxygen atoms in total. The second-order valence-electron chi connectivity index (χ2n) is 6.43. The Morgan fingerprint density at radius 3 is 2.61 bits per heavy atom. The number of nitrogens with zero attached hydrogens (tertiary/aromatic N) is 2. The normalized spacial score (nSPS) is 10.5. The molecular weight excluding hydrogens is 356 g/mol. The van der Waals surface area contributed by atoms with E-state index in [1.165, 1.54) is 0 Å². The van der Waals surface area contributed by atoms with Gasteiger partial charge in [-0.3, -0.25) is 9.59 Å². The number of hydrogen-bond acceptors (Lipinski definition) is 5. The van der Waals surface area contributed by atoms with Gasteiger partial charge in [0.15, 0.2) is 0 Å². The maximum Gasteiger partial charge on any atom is 0.251 e. The predicted octanol–water partition coefficient (Wildman–Crippen LogP) is 3.28. The molecule has 144 valence electrons. The number of anilines is 1. The van der Waals surface area contributed by atoms with Crippen molar-refractivity contribution in [3.8, 4) is 11.4 Å². The Morgan fingerprint density at radius 1 is 1.07 bits per heavy atom. The number of benzene rings is 2. The Balaban J connectivity index is 1.63. The van der Waals surface area contributed by atoms with Gasteiger partial charge in [-0.25, -0.2) is 0 Å². The number of aryl methyl sites for hydroxylation is 2. The molecule has 0 aliphatic carbocycles. The van der Waals surface area contributed by atoms with Gasteiger partial charge in [-0.2, -0.15) is 4.98 Å². The van der Waals surface area contributed by atoms with Crippen molar-refractivity contribution in [3.63, 3.8) is 0 Å². The third kappa shape index (κ3) is 4.25. The van der Waals surface area contributed by atoms with Crippen LogP contribution in [0.15, 0.2) is 47.0 Å². The maximum atomic E-state index is 12.3. The van der Waals surface area contributed by atoms with E-state index >= 15 is 0 Å². The van der Waals surface area contributed by atoms with E-state index in [1.54, 1.807) is 32.2 Å². The average molecular weight is 378 g/mol. The van der Waals surface area contributed by atoms with E-state index in [2.05, 4.69) is 20.8 Å². The van der Waals surface area contributed by atoms with Crippen molar-refractivity contribution < 1.29 is 14.1 Å². The quantitative estimate of drug-likeness (QED) is 0.686. The van der Waals surface area contributed by atoms with Crippen molar-refractivity contribution >= 4 is 17.5 Å². The van der Waals surface area contributed by atoms with E-state index in [9.17, 15) is 9.59 Å². The molecule has 0 unspecified atom stereocenters. The Kier molecular flexibility index (Phi) is 5.84. The predicted molar refractivity (Wildman–Crippen MR) is 106 cm³/mol. The number of carbonyl (C=O) groups excluding carboxylic acids is 2. The lowest BCUT2D eigenvalue weighted by atomic mass is 10.1. The van der Waals surface area contributed by atoms with Crippen LogP contribution in [0.5, 0.6) is 0 Å². The fourth-order valence-corrected chi connectivity index (χ4v) is 2.87. The van der Waals surface area contributed by atoms with E-state index in [4.69, 9.17) is 4.52 Å². The molecule has 0 aliphatic heterocycles. The third-order valence-electron chi connectivity index (χ3n) is 4.50. The molecule has 0 fully saturated rings. The largest absolute Gasteiger partial charge is 0.355 e. The van der Waals surface area contributed by atoms with E-state index in [1.807, 2.05) is 31.2 Å². The zero-order chi connectivity index (χ0) is 20.1. The third-order valence-corrected chi connectivity index (χ3v) is 4.50. The smallest absolute Gasteiger partial charge is 0.251 e. The number of amides is 2. The minimum absolute atomic E-state index is 0.187. The van der Waals surface area contributed by atoms with Gasteiger partial charge in [0.25, 0.3) is 5.91 Å². The van der Waals surface area contributed by atoms with Gasteiger partial charge >= 0.3 is 0 Å². The Morgan fingerprint density at radius 2 is 1.86 bits per heavy atom. The molecule has 2 N–H and O–H groups in total. The maximum absolute atomic E-state index is 12.3. The van der Waals surface area contributed by atoms with Crippen LogP contribution in [0.2, 0.25) is 0 Å². The zero-order valence-corrected chi connectivity index (χ0v) is 16.1. The van der Waals surface area contributed by atoms with Crippen LogP contribution in [0.25, 0.3) is 11.4 Å². The van der Waals surface area contributed by atoms with Crippen molar-refractivity contribution in [1.82, 2.24) is 15.5 Å². The molecule has 0 saturated carbocycles. The van der Waals surface area contributed by atoms with E-state index in [0.29, 0.717) is 29.4 Å². The summed E-state index contributed by atoms with van der Waals surface area (Å²) < 4.78 is 5.27. The van der Waals surface area contributed by atoms with Crippen LogP contribution < -0.4 is 10.6 Å². The molecular formula is C21H22N4O3. The van der Waals surface area contributed by atoms with Gasteiger partial charge in [0.1, 0.15) is 0 Å². The minimum atomic E-state index is -0.191. The Hall–Kier alpha value is -3.48. The summed E-state index contributed by atoms with van der Waals surface area (Å²) in [7, 11) is 1.57. The number of nitrogens with one attached hydrogen (secondary N) is 2. The number of hydrogen-bond donors (Lipinski definition) is 2. The Labute approximate surface area is 163 Å². The molecule has 3 aromatic rings. The summed E-state index contributed by atoms with van der Waals surface area (Å²) in [5.74, 6) is 0.544. The molecule has 0 aliphatic rings. The van der Waals surface area contributed by atoms with Gasteiger partial charge < -0.3 is 15.2 Å². The monoisotopic (exact) mass is 378 g/mol. The molecule has 0 atom stereocenters. The van der Waals surface area contributed by atoms with Crippen molar-refractivity contribution in [3.05, 3.63) is 65.0 Å². The van der Waals surface area contributed by atoms with Crippen LogP contribution in [0, 0.1) is 13.8 Å². The Bertz CT molecular complexity index is 1010. The van der Waals surface area contributed by atoms with Crippen LogP contribution in [-0.4, -0.2) is 29.0 Å². The van der Waals surface area contributed by atoms with E-state index in [-0.39, 0.29) is 18.2 Å². The van der Waals surface area contributed by atoms with Gasteiger partial charge in [0.05, 0.1) is 0 Å². The molecule has 3 rings (SSSR count). The molecule has 0 spiro atoms. The first kappa shape index (κ1) is 19.3. The van der Waals surface area contributed by atoms with Crippen LogP contribution in [0.1, 0.15) is 33.8 Å². The topological polar surface area (TPSA) is 97.1 Å². The van der Waals surface area contributed by atoms with Crippen LogP contribution in [0.3, 0.4) is 0 Å². The first-order chi connectivity index (χ1) is 13.5. The summed E-state index contributed by atoms with van der Waals surface area (Å²) in [5, 5.41) is 9.43. The fourth-order valence-electron chi connectivity index (χ4n) is 2.87. The summed E-state index contributed by atoms with van der Waals surface area (Å²) in [6, 6.07) is 13.0. The molecule has 1 heterocycles. The highest BCUT2D eigenvalue weighted by Crippen LogP contribution is 2.21. The molecule has 2 amide bonds. The first-order valence-electron chi connectivity index (χ1n) is 8.99. The SMILES string of the molecule is CNC(=O)c1cccc(NC(=O)CCc2nc(-c3ccccc3C)no2)c1C. The molecule has 0 bridgehead atoms. The van der Waals surface area contributed by atoms with Crippen LogP contribution >= 0.6 is 0 Å². The van der Waals surface area contributed by atoms with Gasteiger partial charge in [-0.1, -0.05) is 35.5 Å². The summed E-state index contributed by atoms with van der Waals surface area (Å²) in [5.41, 5.74) is 3.81. The fraction of sp³-hybridized carbons (Fsp3) is 0.238. The second kappa shape index (κ2) is 8.47. The van der Waals surface area contributed by atoms with Crippen molar-refractivity contribution in [1.29, 1.82) is 0 Å². The van der Waals surface area contributed by atoms with E-state index < -0.39 is 0 Å². The number of carbonyl (C=O) groups is 2. The highest BCUT2D eigenvalue weighted by Gasteiger charge is 2.14. The molecule has 0 radical (unpaired) electrons. The van der Waals surface area contributed by atoms with E-state index in [0.717, 1.165) is 16.7 Å². The lowest BCUT2D eigenvalue weighted by Crippen LogP contribution is -2.20. The van der Waals surface area contributed by atoms with Crippen LogP contribution in [0.4, 0.5) is 5.69 Å². The van der Waals surface area contributed by atoms with Gasteiger partial charge in [-0.05, 0) is 37.1 Å².